The van der Waals surface area contributed by atoms with Crippen LogP contribution in [0.1, 0.15) is 30.9 Å². The molecule has 1 N–H and O–H groups in total. The molecule has 0 aliphatic carbocycles. The Hall–Kier alpha value is -1.28. The van der Waals surface area contributed by atoms with E-state index in [4.69, 9.17) is 0 Å². The second-order valence-electron chi connectivity index (χ2n) is 5.22. The van der Waals surface area contributed by atoms with E-state index in [1.165, 1.54) is 16.7 Å². The van der Waals surface area contributed by atoms with Gasteiger partial charge in [0.15, 0.2) is 0 Å². The summed E-state index contributed by atoms with van der Waals surface area (Å²) < 4.78 is 0. The van der Waals surface area contributed by atoms with Crippen molar-refractivity contribution in [3.8, 4) is 0 Å². The average molecular weight is 230 g/mol. The van der Waals surface area contributed by atoms with Gasteiger partial charge in [0.1, 0.15) is 0 Å². The van der Waals surface area contributed by atoms with Crippen LogP contribution in [-0.2, 0) is 6.54 Å². The van der Waals surface area contributed by atoms with Crippen LogP contribution in [0.5, 0.6) is 0 Å². The minimum atomic E-state index is 0.598. The Balaban J connectivity index is 2.10. The van der Waals surface area contributed by atoms with E-state index in [9.17, 15) is 0 Å². The van der Waals surface area contributed by atoms with E-state index >= 15 is 0 Å². The molecular weight excluding hydrogens is 208 g/mol. The van der Waals surface area contributed by atoms with Crippen LogP contribution >= 0.6 is 0 Å². The molecule has 0 amide bonds. The monoisotopic (exact) mass is 230 g/mol. The van der Waals surface area contributed by atoms with Gasteiger partial charge in [-0.15, -0.1) is 0 Å². The van der Waals surface area contributed by atoms with E-state index in [-0.39, 0.29) is 0 Å². The fourth-order valence-electron chi connectivity index (χ4n) is 2.49. The SMILES string of the molecule is CC(C)=CNCC1CN(C)Cc2ccccc21. The molecule has 0 saturated heterocycles. The molecule has 1 aliphatic rings. The van der Waals surface area contributed by atoms with E-state index in [0.717, 1.165) is 19.6 Å². The van der Waals surface area contributed by atoms with Crippen molar-refractivity contribution in [3.63, 3.8) is 0 Å². The summed E-state index contributed by atoms with van der Waals surface area (Å²) in [6.07, 6.45) is 2.11. The quantitative estimate of drug-likeness (QED) is 0.859. The molecule has 0 fully saturated rings. The van der Waals surface area contributed by atoms with Crippen molar-refractivity contribution in [2.24, 2.45) is 0 Å². The number of fused-ring (bicyclic) bond motifs is 1. The van der Waals surface area contributed by atoms with Gasteiger partial charge in [-0.1, -0.05) is 29.8 Å². The summed E-state index contributed by atoms with van der Waals surface area (Å²) in [6, 6.07) is 8.81. The van der Waals surface area contributed by atoms with Crippen molar-refractivity contribution in [2.45, 2.75) is 26.3 Å². The summed E-state index contributed by atoms with van der Waals surface area (Å²) in [6.45, 7) is 7.48. The predicted molar refractivity (Wildman–Crippen MR) is 73.0 cm³/mol. The molecule has 2 heteroatoms. The Morgan fingerprint density at radius 1 is 1.41 bits per heavy atom. The zero-order valence-electron chi connectivity index (χ0n) is 11.0. The van der Waals surface area contributed by atoms with Gasteiger partial charge in [-0.3, -0.25) is 0 Å². The van der Waals surface area contributed by atoms with Gasteiger partial charge < -0.3 is 10.2 Å². The van der Waals surface area contributed by atoms with Crippen molar-refractivity contribution in [1.82, 2.24) is 10.2 Å². The van der Waals surface area contributed by atoms with E-state index < -0.39 is 0 Å². The van der Waals surface area contributed by atoms with Gasteiger partial charge in [0.05, 0.1) is 0 Å². The summed E-state index contributed by atoms with van der Waals surface area (Å²) in [7, 11) is 2.20. The van der Waals surface area contributed by atoms with Crippen molar-refractivity contribution >= 4 is 0 Å². The minimum absolute atomic E-state index is 0.598. The summed E-state index contributed by atoms with van der Waals surface area (Å²) in [4.78, 5) is 2.40. The Labute approximate surface area is 104 Å². The van der Waals surface area contributed by atoms with Crippen LogP contribution in [-0.4, -0.2) is 25.0 Å². The van der Waals surface area contributed by atoms with Crippen LogP contribution in [0.2, 0.25) is 0 Å². The molecular formula is C15H22N2. The Kier molecular flexibility index (Phi) is 3.85. The highest BCUT2D eigenvalue weighted by atomic mass is 15.1. The summed E-state index contributed by atoms with van der Waals surface area (Å²) >= 11 is 0. The molecule has 0 bridgehead atoms. The van der Waals surface area contributed by atoms with Crippen molar-refractivity contribution in [2.75, 3.05) is 20.1 Å². The molecule has 1 aromatic carbocycles. The number of hydrogen-bond acceptors (Lipinski definition) is 2. The second kappa shape index (κ2) is 5.37. The van der Waals surface area contributed by atoms with E-state index in [1.54, 1.807) is 0 Å². The first-order valence-corrected chi connectivity index (χ1v) is 6.30. The maximum atomic E-state index is 3.43. The van der Waals surface area contributed by atoms with Gasteiger partial charge in [0.25, 0.3) is 0 Å². The lowest BCUT2D eigenvalue weighted by atomic mass is 9.90. The fraction of sp³-hybridized carbons (Fsp3) is 0.467. The first-order chi connectivity index (χ1) is 8.16. The third-order valence-corrected chi connectivity index (χ3v) is 3.22. The second-order valence-corrected chi connectivity index (χ2v) is 5.22. The first kappa shape index (κ1) is 12.2. The smallest absolute Gasteiger partial charge is 0.0233 e. The topological polar surface area (TPSA) is 15.3 Å². The number of allylic oxidation sites excluding steroid dienone is 1. The minimum Gasteiger partial charge on any atom is -0.390 e. The van der Waals surface area contributed by atoms with Crippen LogP contribution < -0.4 is 5.32 Å². The molecule has 0 saturated carbocycles. The van der Waals surface area contributed by atoms with Crippen molar-refractivity contribution < 1.29 is 0 Å². The summed E-state index contributed by atoms with van der Waals surface area (Å²) in [5.41, 5.74) is 4.31. The number of nitrogens with zero attached hydrogens (tertiary/aromatic N) is 1. The molecule has 92 valence electrons. The van der Waals surface area contributed by atoms with Crippen LogP contribution in [0.3, 0.4) is 0 Å². The molecule has 1 unspecified atom stereocenters. The Bertz CT molecular complexity index is 405. The highest BCUT2D eigenvalue weighted by Gasteiger charge is 2.22. The molecule has 1 atom stereocenters. The third kappa shape index (κ3) is 3.10. The van der Waals surface area contributed by atoms with Gasteiger partial charge in [0.2, 0.25) is 0 Å². The van der Waals surface area contributed by atoms with Gasteiger partial charge >= 0.3 is 0 Å². The number of benzene rings is 1. The lowest BCUT2D eigenvalue weighted by Gasteiger charge is -2.32. The highest BCUT2D eigenvalue weighted by Crippen LogP contribution is 2.26. The van der Waals surface area contributed by atoms with Gasteiger partial charge in [-0.05, 0) is 38.2 Å². The molecule has 1 aliphatic heterocycles. The molecule has 17 heavy (non-hydrogen) atoms. The summed E-state index contributed by atoms with van der Waals surface area (Å²) in [5.74, 6) is 0.598. The molecule has 2 rings (SSSR count). The maximum Gasteiger partial charge on any atom is 0.0233 e. The zero-order chi connectivity index (χ0) is 12.3. The first-order valence-electron chi connectivity index (χ1n) is 6.30. The van der Waals surface area contributed by atoms with Gasteiger partial charge in [0, 0.05) is 25.6 Å². The molecule has 0 radical (unpaired) electrons. The average Bonchev–Trinajstić information content (AvgIpc) is 2.28. The Morgan fingerprint density at radius 2 is 2.18 bits per heavy atom. The number of hydrogen-bond donors (Lipinski definition) is 1. The molecule has 1 heterocycles. The van der Waals surface area contributed by atoms with E-state index in [1.807, 2.05) is 0 Å². The zero-order valence-corrected chi connectivity index (χ0v) is 11.0. The van der Waals surface area contributed by atoms with Crippen molar-refractivity contribution in [1.29, 1.82) is 0 Å². The number of likely N-dealkylation sites (N-methyl/N-ethyl adjacent to an activating group) is 1. The molecule has 0 spiro atoms. The van der Waals surface area contributed by atoms with Crippen LogP contribution in [0.15, 0.2) is 36.0 Å². The van der Waals surface area contributed by atoms with Crippen LogP contribution in [0, 0.1) is 0 Å². The number of rotatable bonds is 3. The molecule has 2 nitrogen and oxygen atoms in total. The van der Waals surface area contributed by atoms with E-state index in [2.05, 4.69) is 61.6 Å². The van der Waals surface area contributed by atoms with Gasteiger partial charge in [-0.2, -0.15) is 0 Å². The molecule has 1 aromatic rings. The van der Waals surface area contributed by atoms with Crippen LogP contribution in [0.25, 0.3) is 0 Å². The lowest BCUT2D eigenvalue weighted by molar-refractivity contribution is 0.279. The standard InChI is InChI=1S/C15H22N2/c1-12(2)8-16-9-14-11-17(3)10-13-6-4-5-7-15(13)14/h4-8,14,16H,9-11H2,1-3H3. The lowest BCUT2D eigenvalue weighted by Crippen LogP contribution is -2.34. The fourth-order valence-corrected chi connectivity index (χ4v) is 2.49. The van der Waals surface area contributed by atoms with Crippen LogP contribution in [0.4, 0.5) is 0 Å². The number of nitrogens with one attached hydrogen (secondary N) is 1. The predicted octanol–water partition coefficient (Wildman–Crippen LogP) is 2.73. The third-order valence-electron chi connectivity index (χ3n) is 3.22. The largest absolute Gasteiger partial charge is 0.390 e. The maximum absolute atomic E-state index is 3.43. The van der Waals surface area contributed by atoms with E-state index in [0.29, 0.717) is 5.92 Å². The Morgan fingerprint density at radius 3 is 2.94 bits per heavy atom. The van der Waals surface area contributed by atoms with Gasteiger partial charge in [-0.25, -0.2) is 0 Å². The highest BCUT2D eigenvalue weighted by molar-refractivity contribution is 5.33. The molecule has 0 aromatic heterocycles. The van der Waals surface area contributed by atoms with Crippen molar-refractivity contribution in [3.05, 3.63) is 47.2 Å². The summed E-state index contributed by atoms with van der Waals surface area (Å²) in [5, 5.41) is 3.43. The normalized spacial score (nSPS) is 19.6.